The van der Waals surface area contributed by atoms with E-state index in [1.165, 1.54) is 4.90 Å². The molecule has 154 valence electrons. The summed E-state index contributed by atoms with van der Waals surface area (Å²) in [6.07, 6.45) is -3.47. The van der Waals surface area contributed by atoms with Crippen LogP contribution in [-0.4, -0.2) is 65.1 Å². The van der Waals surface area contributed by atoms with Gasteiger partial charge in [-0.2, -0.15) is 13.2 Å². The van der Waals surface area contributed by atoms with Gasteiger partial charge in [-0.3, -0.25) is 9.59 Å². The maximum Gasteiger partial charge on any atom is 0.417 e. The molecule has 11 heteroatoms. The van der Waals surface area contributed by atoms with Crippen molar-refractivity contribution in [2.45, 2.75) is 31.0 Å². The maximum atomic E-state index is 12.8. The average Bonchev–Trinajstić information content (AvgIpc) is 2.86. The topological polar surface area (TPSA) is 85.8 Å². The number of carbonyl (C=O) groups excluding carboxylic acids is 2. The number of nitrogens with zero attached hydrogens (tertiary/aromatic N) is 3. The number of hydrogen-bond donors (Lipinski definition) is 2. The molecule has 2 aliphatic heterocycles. The zero-order valence-electron chi connectivity index (χ0n) is 14.9. The van der Waals surface area contributed by atoms with E-state index in [4.69, 9.17) is 11.6 Å². The Morgan fingerprint density at radius 1 is 1.25 bits per heavy atom. The number of hydrogen-bond acceptors (Lipinski definition) is 5. The van der Waals surface area contributed by atoms with E-state index < -0.39 is 23.2 Å². The number of aromatic nitrogens is 1. The van der Waals surface area contributed by atoms with E-state index in [0.29, 0.717) is 19.3 Å². The number of halogens is 4. The van der Waals surface area contributed by atoms with Crippen molar-refractivity contribution in [2.75, 3.05) is 37.6 Å². The normalized spacial score (nSPS) is 20.5. The summed E-state index contributed by atoms with van der Waals surface area (Å²) in [6.45, 7) is 1.32. The van der Waals surface area contributed by atoms with Crippen LogP contribution in [-0.2, 0) is 15.8 Å². The summed E-state index contributed by atoms with van der Waals surface area (Å²) in [5.74, 6) is -0.385. The molecule has 0 bridgehead atoms. The summed E-state index contributed by atoms with van der Waals surface area (Å²) in [4.78, 5) is 31.1. The van der Waals surface area contributed by atoms with Crippen LogP contribution in [0.5, 0.6) is 0 Å². The van der Waals surface area contributed by atoms with Crippen LogP contribution in [0, 0.1) is 0 Å². The summed E-state index contributed by atoms with van der Waals surface area (Å²) >= 11 is 5.98. The fourth-order valence-corrected chi connectivity index (χ4v) is 3.67. The van der Waals surface area contributed by atoms with Gasteiger partial charge in [-0.1, -0.05) is 11.6 Å². The number of amides is 2. The van der Waals surface area contributed by atoms with Crippen molar-refractivity contribution in [3.8, 4) is 0 Å². The molecule has 2 saturated heterocycles. The first-order valence-corrected chi connectivity index (χ1v) is 9.24. The minimum atomic E-state index is -4.53. The molecule has 2 aliphatic rings. The lowest BCUT2D eigenvalue weighted by atomic mass is 9.89. The minimum absolute atomic E-state index is 0.0861. The summed E-state index contributed by atoms with van der Waals surface area (Å²) < 4.78 is 38.2. The standard InChI is InChI=1S/C17H20ClF3N4O3/c18-12-9-11(17(19,20)21)10-23-14(12)24-6-2-16(28,3-7-24)15(27)25-5-1-13(26)22-4-8-25/h9-10,28H,1-8H2,(H,22,26). The predicted octanol–water partition coefficient (Wildman–Crippen LogP) is 1.43. The van der Waals surface area contributed by atoms with Crippen LogP contribution in [0.25, 0.3) is 0 Å². The van der Waals surface area contributed by atoms with Gasteiger partial charge in [0.2, 0.25) is 5.91 Å². The number of piperidine rings is 1. The number of alkyl halides is 3. The Hall–Kier alpha value is -2.07. The molecule has 0 atom stereocenters. The fourth-order valence-electron chi connectivity index (χ4n) is 3.39. The Bertz CT molecular complexity index is 767. The fraction of sp³-hybridized carbons (Fsp3) is 0.588. The van der Waals surface area contributed by atoms with Crippen molar-refractivity contribution >= 4 is 29.2 Å². The summed E-state index contributed by atoms with van der Waals surface area (Å²) in [5, 5.41) is 13.3. The molecule has 1 aromatic heterocycles. The molecule has 3 rings (SSSR count). The van der Waals surface area contributed by atoms with Crippen LogP contribution in [0.2, 0.25) is 5.02 Å². The molecule has 0 radical (unpaired) electrons. The van der Waals surface area contributed by atoms with E-state index in [9.17, 15) is 27.9 Å². The highest BCUT2D eigenvalue weighted by atomic mass is 35.5. The van der Waals surface area contributed by atoms with Crippen molar-refractivity contribution in [1.82, 2.24) is 15.2 Å². The predicted molar refractivity (Wildman–Crippen MR) is 94.9 cm³/mol. The second-order valence-electron chi connectivity index (χ2n) is 6.94. The van der Waals surface area contributed by atoms with Gasteiger partial charge in [-0.15, -0.1) is 0 Å². The van der Waals surface area contributed by atoms with E-state index in [1.54, 1.807) is 4.90 Å². The average molecular weight is 421 g/mol. The Labute approximate surface area is 164 Å². The van der Waals surface area contributed by atoms with E-state index in [1.807, 2.05) is 0 Å². The zero-order chi connectivity index (χ0) is 20.5. The summed E-state index contributed by atoms with van der Waals surface area (Å²) in [5.41, 5.74) is -2.52. The van der Waals surface area contributed by atoms with Gasteiger partial charge in [0.1, 0.15) is 11.4 Å². The maximum absolute atomic E-state index is 12.8. The lowest BCUT2D eigenvalue weighted by Gasteiger charge is -2.40. The van der Waals surface area contributed by atoms with E-state index in [-0.39, 0.29) is 55.6 Å². The zero-order valence-corrected chi connectivity index (χ0v) is 15.7. The highest BCUT2D eigenvalue weighted by Crippen LogP contribution is 2.35. The molecule has 2 fully saturated rings. The van der Waals surface area contributed by atoms with E-state index in [0.717, 1.165) is 6.07 Å². The molecule has 0 aliphatic carbocycles. The summed E-state index contributed by atoms with van der Waals surface area (Å²) in [7, 11) is 0. The van der Waals surface area contributed by atoms with Gasteiger partial charge in [0, 0.05) is 58.2 Å². The second-order valence-corrected chi connectivity index (χ2v) is 7.35. The number of rotatable bonds is 2. The van der Waals surface area contributed by atoms with E-state index >= 15 is 0 Å². The first-order valence-electron chi connectivity index (χ1n) is 8.86. The Kier molecular flexibility index (Phi) is 5.72. The van der Waals surface area contributed by atoms with Crippen LogP contribution in [0.1, 0.15) is 24.8 Å². The van der Waals surface area contributed by atoms with Gasteiger partial charge in [0.15, 0.2) is 0 Å². The third kappa shape index (κ3) is 4.33. The molecular formula is C17H20ClF3N4O3. The van der Waals surface area contributed by atoms with Gasteiger partial charge in [0.25, 0.3) is 5.91 Å². The van der Waals surface area contributed by atoms with Gasteiger partial charge >= 0.3 is 6.18 Å². The SMILES string of the molecule is O=C1CCN(C(=O)C2(O)CCN(c3ncc(C(F)(F)F)cc3Cl)CC2)CCN1. The minimum Gasteiger partial charge on any atom is -0.380 e. The molecule has 2 N–H and O–H groups in total. The van der Waals surface area contributed by atoms with Crippen molar-refractivity contribution in [1.29, 1.82) is 0 Å². The smallest absolute Gasteiger partial charge is 0.380 e. The lowest BCUT2D eigenvalue weighted by molar-refractivity contribution is -0.153. The molecule has 7 nitrogen and oxygen atoms in total. The number of pyridine rings is 1. The molecule has 0 spiro atoms. The van der Waals surface area contributed by atoms with Gasteiger partial charge in [-0.25, -0.2) is 4.98 Å². The molecule has 2 amide bonds. The quantitative estimate of drug-likeness (QED) is 0.756. The van der Waals surface area contributed by atoms with Gasteiger partial charge < -0.3 is 20.2 Å². The van der Waals surface area contributed by atoms with Crippen LogP contribution < -0.4 is 10.2 Å². The van der Waals surface area contributed by atoms with Crippen molar-refractivity contribution < 1.29 is 27.9 Å². The van der Waals surface area contributed by atoms with Crippen molar-refractivity contribution in [3.63, 3.8) is 0 Å². The second kappa shape index (κ2) is 7.75. The number of anilines is 1. The third-order valence-electron chi connectivity index (χ3n) is 5.04. The molecule has 28 heavy (non-hydrogen) atoms. The third-order valence-corrected chi connectivity index (χ3v) is 5.32. The Balaban J connectivity index is 1.66. The van der Waals surface area contributed by atoms with E-state index in [2.05, 4.69) is 10.3 Å². The Morgan fingerprint density at radius 3 is 2.54 bits per heavy atom. The molecule has 3 heterocycles. The number of nitrogens with one attached hydrogen (secondary N) is 1. The number of carbonyl (C=O) groups is 2. The highest BCUT2D eigenvalue weighted by molar-refractivity contribution is 6.33. The Morgan fingerprint density at radius 2 is 1.93 bits per heavy atom. The first kappa shape index (κ1) is 20.7. The molecular weight excluding hydrogens is 401 g/mol. The van der Waals surface area contributed by atoms with Crippen molar-refractivity contribution in [3.05, 3.63) is 22.8 Å². The van der Waals surface area contributed by atoms with Crippen LogP contribution >= 0.6 is 11.6 Å². The molecule has 1 aromatic rings. The molecule has 0 unspecified atom stereocenters. The van der Waals surface area contributed by atoms with Gasteiger partial charge in [0.05, 0.1) is 10.6 Å². The van der Waals surface area contributed by atoms with Crippen LogP contribution in [0.4, 0.5) is 19.0 Å². The monoisotopic (exact) mass is 420 g/mol. The highest BCUT2D eigenvalue weighted by Gasteiger charge is 2.43. The molecule has 0 aromatic carbocycles. The number of aliphatic hydroxyl groups is 1. The first-order chi connectivity index (χ1) is 13.1. The molecule has 0 saturated carbocycles. The largest absolute Gasteiger partial charge is 0.417 e. The van der Waals surface area contributed by atoms with Crippen LogP contribution in [0.3, 0.4) is 0 Å². The lowest BCUT2D eigenvalue weighted by Crippen LogP contribution is -2.55. The van der Waals surface area contributed by atoms with Crippen molar-refractivity contribution in [2.24, 2.45) is 0 Å². The van der Waals surface area contributed by atoms with Gasteiger partial charge in [-0.05, 0) is 6.07 Å². The summed E-state index contributed by atoms with van der Waals surface area (Å²) in [6, 6.07) is 0.817. The van der Waals surface area contributed by atoms with Crippen LogP contribution in [0.15, 0.2) is 12.3 Å².